The SMILES string of the molecule is C=CCOc1ccc(Cl)cc1C=Nn1c(C)nc2ccc(Br)cc2c1=O. The molecular weight excluding hydrogens is 418 g/mol. The highest BCUT2D eigenvalue weighted by Gasteiger charge is 2.08. The van der Waals surface area contributed by atoms with Gasteiger partial charge in [0.1, 0.15) is 18.2 Å². The van der Waals surface area contributed by atoms with Crippen molar-refractivity contribution in [2.45, 2.75) is 6.92 Å². The first-order valence-electron chi connectivity index (χ1n) is 7.76. The summed E-state index contributed by atoms with van der Waals surface area (Å²) in [6.45, 7) is 5.72. The average Bonchev–Trinajstić information content (AvgIpc) is 2.61. The lowest BCUT2D eigenvalue weighted by atomic mass is 10.2. The lowest BCUT2D eigenvalue weighted by molar-refractivity contribution is 0.362. The number of nitrogens with zero attached hydrogens (tertiary/aromatic N) is 3. The van der Waals surface area contributed by atoms with Crippen molar-refractivity contribution in [2.75, 3.05) is 6.61 Å². The Morgan fingerprint density at radius 1 is 1.35 bits per heavy atom. The predicted molar refractivity (Wildman–Crippen MR) is 109 cm³/mol. The first-order chi connectivity index (χ1) is 12.5. The van der Waals surface area contributed by atoms with Crippen LogP contribution in [0.3, 0.4) is 0 Å². The standard InChI is InChI=1S/C19H15BrClN3O2/c1-3-8-26-18-7-5-15(21)9-13(18)11-22-24-12(2)23-17-6-4-14(20)10-16(17)19(24)25/h3-7,9-11H,1,8H2,2H3. The maximum atomic E-state index is 12.8. The molecule has 0 saturated carbocycles. The molecule has 132 valence electrons. The van der Waals surface area contributed by atoms with Crippen molar-refractivity contribution in [1.82, 2.24) is 9.66 Å². The third-order valence-electron chi connectivity index (χ3n) is 3.61. The van der Waals surface area contributed by atoms with Crippen molar-refractivity contribution in [3.05, 3.63) is 80.3 Å². The lowest BCUT2D eigenvalue weighted by Crippen LogP contribution is -2.20. The Bertz CT molecular complexity index is 1080. The molecule has 0 unspecified atom stereocenters. The quantitative estimate of drug-likeness (QED) is 0.438. The molecule has 0 saturated heterocycles. The summed E-state index contributed by atoms with van der Waals surface area (Å²) in [6, 6.07) is 10.6. The summed E-state index contributed by atoms with van der Waals surface area (Å²) in [7, 11) is 0. The summed E-state index contributed by atoms with van der Waals surface area (Å²) >= 11 is 9.44. The van der Waals surface area contributed by atoms with E-state index in [4.69, 9.17) is 16.3 Å². The van der Waals surface area contributed by atoms with Crippen LogP contribution < -0.4 is 10.3 Å². The van der Waals surface area contributed by atoms with Gasteiger partial charge in [-0.05, 0) is 43.3 Å². The Morgan fingerprint density at radius 3 is 2.92 bits per heavy atom. The molecule has 0 N–H and O–H groups in total. The third kappa shape index (κ3) is 3.86. The molecular formula is C19H15BrClN3O2. The average molecular weight is 433 g/mol. The molecule has 0 atom stereocenters. The summed E-state index contributed by atoms with van der Waals surface area (Å²) in [5.74, 6) is 1.08. The van der Waals surface area contributed by atoms with Gasteiger partial charge in [-0.2, -0.15) is 9.78 Å². The number of hydrogen-bond donors (Lipinski definition) is 0. The Morgan fingerprint density at radius 2 is 2.15 bits per heavy atom. The highest BCUT2D eigenvalue weighted by atomic mass is 79.9. The molecule has 0 amide bonds. The normalized spacial score (nSPS) is 11.2. The monoisotopic (exact) mass is 431 g/mol. The van der Waals surface area contributed by atoms with Crippen LogP contribution in [0.4, 0.5) is 0 Å². The fourth-order valence-corrected chi connectivity index (χ4v) is 2.96. The van der Waals surface area contributed by atoms with Gasteiger partial charge in [0.2, 0.25) is 0 Å². The van der Waals surface area contributed by atoms with Gasteiger partial charge < -0.3 is 4.74 Å². The molecule has 1 heterocycles. The molecule has 0 spiro atoms. The van der Waals surface area contributed by atoms with E-state index in [1.165, 1.54) is 10.9 Å². The molecule has 0 aliphatic rings. The molecule has 3 aromatic rings. The summed E-state index contributed by atoms with van der Waals surface area (Å²) in [5, 5.41) is 5.33. The van der Waals surface area contributed by atoms with Crippen molar-refractivity contribution >= 4 is 44.6 Å². The molecule has 0 bridgehead atoms. The fourth-order valence-electron chi connectivity index (χ4n) is 2.42. The number of fused-ring (bicyclic) bond motifs is 1. The van der Waals surface area contributed by atoms with Gasteiger partial charge in [-0.15, -0.1) is 0 Å². The Balaban J connectivity index is 2.08. The smallest absolute Gasteiger partial charge is 0.282 e. The summed E-state index contributed by atoms with van der Waals surface area (Å²) in [6.07, 6.45) is 3.18. The molecule has 3 rings (SSSR count). The van der Waals surface area contributed by atoms with Gasteiger partial charge in [-0.25, -0.2) is 4.98 Å². The van der Waals surface area contributed by atoms with E-state index < -0.39 is 0 Å². The summed E-state index contributed by atoms with van der Waals surface area (Å²) < 4.78 is 7.66. The zero-order valence-corrected chi connectivity index (χ0v) is 16.3. The van der Waals surface area contributed by atoms with Gasteiger partial charge in [-0.1, -0.05) is 40.2 Å². The molecule has 7 heteroatoms. The second-order valence-corrected chi connectivity index (χ2v) is 6.82. The van der Waals surface area contributed by atoms with Crippen molar-refractivity contribution < 1.29 is 4.74 Å². The van der Waals surface area contributed by atoms with Crippen LogP contribution >= 0.6 is 27.5 Å². The van der Waals surface area contributed by atoms with Crippen LogP contribution in [0.25, 0.3) is 10.9 Å². The van der Waals surface area contributed by atoms with Gasteiger partial charge in [-0.3, -0.25) is 4.79 Å². The van der Waals surface area contributed by atoms with E-state index in [1.807, 2.05) is 6.07 Å². The number of ether oxygens (including phenoxy) is 1. The van der Waals surface area contributed by atoms with E-state index in [0.717, 1.165) is 4.47 Å². The van der Waals surface area contributed by atoms with Gasteiger partial charge in [0.05, 0.1) is 17.1 Å². The molecule has 2 aromatic carbocycles. The third-order valence-corrected chi connectivity index (χ3v) is 4.34. The summed E-state index contributed by atoms with van der Waals surface area (Å²) in [4.78, 5) is 17.2. The minimum atomic E-state index is -0.249. The molecule has 26 heavy (non-hydrogen) atoms. The van der Waals surface area contributed by atoms with E-state index in [1.54, 1.807) is 43.3 Å². The number of aromatic nitrogens is 2. The van der Waals surface area contributed by atoms with Crippen LogP contribution in [0.2, 0.25) is 5.02 Å². The fraction of sp³-hybridized carbons (Fsp3) is 0.105. The highest BCUT2D eigenvalue weighted by molar-refractivity contribution is 9.10. The van der Waals surface area contributed by atoms with Crippen molar-refractivity contribution in [2.24, 2.45) is 5.10 Å². The lowest BCUT2D eigenvalue weighted by Gasteiger charge is -2.08. The Labute approximate surface area is 163 Å². The minimum absolute atomic E-state index is 0.249. The highest BCUT2D eigenvalue weighted by Crippen LogP contribution is 2.22. The van der Waals surface area contributed by atoms with Crippen LogP contribution in [0.5, 0.6) is 5.75 Å². The second kappa shape index (κ2) is 7.85. The molecule has 1 aromatic heterocycles. The largest absolute Gasteiger partial charge is 0.489 e. The number of hydrogen-bond acceptors (Lipinski definition) is 4. The van der Waals surface area contributed by atoms with Gasteiger partial charge in [0.25, 0.3) is 5.56 Å². The number of benzene rings is 2. The van der Waals surface area contributed by atoms with Crippen LogP contribution in [-0.4, -0.2) is 22.5 Å². The maximum absolute atomic E-state index is 12.8. The Kier molecular flexibility index (Phi) is 5.54. The van der Waals surface area contributed by atoms with Crippen molar-refractivity contribution in [1.29, 1.82) is 0 Å². The zero-order valence-electron chi connectivity index (χ0n) is 13.9. The molecule has 5 nitrogen and oxygen atoms in total. The minimum Gasteiger partial charge on any atom is -0.489 e. The number of rotatable bonds is 5. The van der Waals surface area contributed by atoms with E-state index in [2.05, 4.69) is 32.6 Å². The van der Waals surface area contributed by atoms with Crippen LogP contribution in [0.15, 0.2) is 63.4 Å². The van der Waals surface area contributed by atoms with E-state index >= 15 is 0 Å². The number of halogens is 2. The molecule has 0 aliphatic heterocycles. The number of aryl methyl sites for hydroxylation is 1. The first-order valence-corrected chi connectivity index (χ1v) is 8.93. The first kappa shape index (κ1) is 18.4. The predicted octanol–water partition coefficient (Wildman–Crippen LogP) is 4.57. The molecule has 0 radical (unpaired) electrons. The van der Waals surface area contributed by atoms with E-state index in [-0.39, 0.29) is 5.56 Å². The second-order valence-electron chi connectivity index (χ2n) is 5.46. The van der Waals surface area contributed by atoms with E-state index in [9.17, 15) is 4.79 Å². The molecule has 0 aliphatic carbocycles. The van der Waals surface area contributed by atoms with Gasteiger partial charge in [0, 0.05) is 15.1 Å². The van der Waals surface area contributed by atoms with Crippen LogP contribution in [-0.2, 0) is 0 Å². The molecule has 0 fully saturated rings. The van der Waals surface area contributed by atoms with E-state index in [0.29, 0.717) is 39.7 Å². The summed E-state index contributed by atoms with van der Waals surface area (Å²) in [5.41, 5.74) is 1.03. The van der Waals surface area contributed by atoms with Gasteiger partial charge >= 0.3 is 0 Å². The van der Waals surface area contributed by atoms with Crippen LogP contribution in [0, 0.1) is 6.92 Å². The topological polar surface area (TPSA) is 56.5 Å². The van der Waals surface area contributed by atoms with Crippen molar-refractivity contribution in [3.63, 3.8) is 0 Å². The maximum Gasteiger partial charge on any atom is 0.282 e. The van der Waals surface area contributed by atoms with Gasteiger partial charge in [0.15, 0.2) is 0 Å². The van der Waals surface area contributed by atoms with Crippen molar-refractivity contribution in [3.8, 4) is 5.75 Å². The zero-order chi connectivity index (χ0) is 18.7. The van der Waals surface area contributed by atoms with Crippen LogP contribution in [0.1, 0.15) is 11.4 Å². The Hall–Kier alpha value is -2.44.